The van der Waals surface area contributed by atoms with Crippen LogP contribution in [-0.4, -0.2) is 17.6 Å². The minimum atomic E-state index is -0.133. The molecule has 0 bridgehead atoms. The van der Waals surface area contributed by atoms with E-state index in [9.17, 15) is 9.90 Å². The molecule has 1 aliphatic rings. The molecule has 0 aromatic heterocycles. The number of benzene rings is 2. The molecule has 120 valence electrons. The van der Waals surface area contributed by atoms with Gasteiger partial charge in [-0.05, 0) is 54.2 Å². The van der Waals surface area contributed by atoms with Gasteiger partial charge in [0.05, 0.1) is 13.2 Å². The highest BCUT2D eigenvalue weighted by molar-refractivity contribution is 5.94. The van der Waals surface area contributed by atoms with Crippen molar-refractivity contribution in [2.45, 2.75) is 26.0 Å². The number of amides is 1. The van der Waals surface area contributed by atoms with Gasteiger partial charge in [-0.3, -0.25) is 4.79 Å². The van der Waals surface area contributed by atoms with E-state index in [-0.39, 0.29) is 12.5 Å². The summed E-state index contributed by atoms with van der Waals surface area (Å²) in [7, 11) is 0. The van der Waals surface area contributed by atoms with Gasteiger partial charge in [-0.15, -0.1) is 0 Å². The van der Waals surface area contributed by atoms with E-state index in [4.69, 9.17) is 4.74 Å². The predicted molar refractivity (Wildman–Crippen MR) is 88.2 cm³/mol. The Labute approximate surface area is 136 Å². The normalized spacial score (nSPS) is 13.6. The van der Waals surface area contributed by atoms with Crippen LogP contribution in [-0.2, 0) is 13.2 Å². The Morgan fingerprint density at radius 1 is 1.09 bits per heavy atom. The number of ether oxygens (including phenoxy) is 1. The zero-order valence-electron chi connectivity index (χ0n) is 13.0. The van der Waals surface area contributed by atoms with Crippen LogP contribution >= 0.6 is 0 Å². The van der Waals surface area contributed by atoms with Crippen LogP contribution in [0.5, 0.6) is 5.75 Å². The van der Waals surface area contributed by atoms with E-state index in [1.54, 1.807) is 12.1 Å². The summed E-state index contributed by atoms with van der Waals surface area (Å²) < 4.78 is 5.66. The SMILES string of the molecule is O=C(NCc1ccccc1CO)c1ccc(OCC2CC2)cc1. The van der Waals surface area contributed by atoms with Crippen LogP contribution in [0.3, 0.4) is 0 Å². The van der Waals surface area contributed by atoms with Crippen LogP contribution in [0.4, 0.5) is 0 Å². The Morgan fingerprint density at radius 3 is 2.43 bits per heavy atom. The van der Waals surface area contributed by atoms with Gasteiger partial charge in [0, 0.05) is 12.1 Å². The molecule has 1 fully saturated rings. The molecule has 2 aromatic rings. The number of rotatable bonds is 7. The first-order valence-electron chi connectivity index (χ1n) is 7.95. The average Bonchev–Trinajstić information content (AvgIpc) is 3.43. The van der Waals surface area contributed by atoms with Gasteiger partial charge >= 0.3 is 0 Å². The lowest BCUT2D eigenvalue weighted by atomic mass is 10.1. The summed E-state index contributed by atoms with van der Waals surface area (Å²) in [6.45, 7) is 1.14. The average molecular weight is 311 g/mol. The smallest absolute Gasteiger partial charge is 0.251 e. The fourth-order valence-electron chi connectivity index (χ4n) is 2.36. The highest BCUT2D eigenvalue weighted by atomic mass is 16.5. The molecule has 1 saturated carbocycles. The Balaban J connectivity index is 1.54. The Kier molecular flexibility index (Phi) is 4.93. The highest BCUT2D eigenvalue weighted by Crippen LogP contribution is 2.29. The highest BCUT2D eigenvalue weighted by Gasteiger charge is 2.21. The minimum Gasteiger partial charge on any atom is -0.493 e. The Bertz CT molecular complexity index is 663. The molecule has 2 aromatic carbocycles. The number of aliphatic hydroxyl groups excluding tert-OH is 1. The molecule has 0 unspecified atom stereocenters. The molecule has 0 spiro atoms. The number of carbonyl (C=O) groups excluding carboxylic acids is 1. The number of carbonyl (C=O) groups is 1. The minimum absolute atomic E-state index is 0.0287. The molecule has 1 aliphatic carbocycles. The number of hydrogen-bond donors (Lipinski definition) is 2. The third-order valence-electron chi connectivity index (χ3n) is 4.03. The summed E-state index contributed by atoms with van der Waals surface area (Å²) >= 11 is 0. The third kappa shape index (κ3) is 4.33. The van der Waals surface area contributed by atoms with E-state index in [0.29, 0.717) is 18.0 Å². The summed E-state index contributed by atoms with van der Waals surface area (Å²) in [4.78, 5) is 12.2. The quantitative estimate of drug-likeness (QED) is 0.826. The molecule has 23 heavy (non-hydrogen) atoms. The molecule has 0 aliphatic heterocycles. The molecule has 4 nitrogen and oxygen atoms in total. The first-order valence-corrected chi connectivity index (χ1v) is 7.95. The fourth-order valence-corrected chi connectivity index (χ4v) is 2.36. The van der Waals surface area contributed by atoms with Gasteiger partial charge in [0.1, 0.15) is 5.75 Å². The Morgan fingerprint density at radius 2 is 1.78 bits per heavy atom. The van der Waals surface area contributed by atoms with E-state index < -0.39 is 0 Å². The molecule has 4 heteroatoms. The maximum Gasteiger partial charge on any atom is 0.251 e. The molecule has 0 saturated heterocycles. The summed E-state index contributed by atoms with van der Waals surface area (Å²) in [5.74, 6) is 1.38. The van der Waals surface area contributed by atoms with Crippen molar-refractivity contribution in [3.05, 3.63) is 65.2 Å². The molecule has 0 atom stereocenters. The van der Waals surface area contributed by atoms with Crippen molar-refractivity contribution < 1.29 is 14.6 Å². The molecule has 2 N–H and O–H groups in total. The standard InChI is InChI=1S/C19H21NO3/c21-12-17-4-2-1-3-16(17)11-20-19(22)15-7-9-18(10-8-15)23-13-14-5-6-14/h1-4,7-10,14,21H,5-6,11-13H2,(H,20,22). The van der Waals surface area contributed by atoms with E-state index in [0.717, 1.165) is 23.5 Å². The van der Waals surface area contributed by atoms with Crippen LogP contribution < -0.4 is 10.1 Å². The van der Waals surface area contributed by atoms with E-state index in [1.165, 1.54) is 12.8 Å². The van der Waals surface area contributed by atoms with Crippen LogP contribution in [0.2, 0.25) is 0 Å². The van der Waals surface area contributed by atoms with Gasteiger partial charge in [-0.1, -0.05) is 24.3 Å². The number of hydrogen-bond acceptors (Lipinski definition) is 3. The molecule has 0 heterocycles. The second-order valence-corrected chi connectivity index (χ2v) is 5.89. The third-order valence-corrected chi connectivity index (χ3v) is 4.03. The van der Waals surface area contributed by atoms with Gasteiger partial charge < -0.3 is 15.2 Å². The van der Waals surface area contributed by atoms with Crippen molar-refractivity contribution in [1.82, 2.24) is 5.32 Å². The van der Waals surface area contributed by atoms with Gasteiger partial charge in [-0.2, -0.15) is 0 Å². The van der Waals surface area contributed by atoms with E-state index in [1.807, 2.05) is 36.4 Å². The lowest BCUT2D eigenvalue weighted by Crippen LogP contribution is -2.23. The lowest BCUT2D eigenvalue weighted by Gasteiger charge is -2.10. The van der Waals surface area contributed by atoms with Crippen molar-refractivity contribution in [2.75, 3.05) is 6.61 Å². The van der Waals surface area contributed by atoms with E-state index >= 15 is 0 Å². The zero-order valence-corrected chi connectivity index (χ0v) is 13.0. The van der Waals surface area contributed by atoms with Gasteiger partial charge in [0.15, 0.2) is 0 Å². The van der Waals surface area contributed by atoms with Crippen molar-refractivity contribution in [3.63, 3.8) is 0 Å². The Hall–Kier alpha value is -2.33. The topological polar surface area (TPSA) is 58.6 Å². The fraction of sp³-hybridized carbons (Fsp3) is 0.316. The first-order chi connectivity index (χ1) is 11.3. The number of nitrogens with one attached hydrogen (secondary N) is 1. The molecule has 1 amide bonds. The summed E-state index contributed by atoms with van der Waals surface area (Å²) in [5, 5.41) is 12.2. The molecule has 3 rings (SSSR count). The van der Waals surface area contributed by atoms with Crippen molar-refractivity contribution in [1.29, 1.82) is 0 Å². The summed E-state index contributed by atoms with van der Waals surface area (Å²) in [5.41, 5.74) is 2.36. The van der Waals surface area contributed by atoms with Gasteiger partial charge in [0.2, 0.25) is 0 Å². The maximum atomic E-state index is 12.2. The zero-order chi connectivity index (χ0) is 16.1. The van der Waals surface area contributed by atoms with Gasteiger partial charge in [-0.25, -0.2) is 0 Å². The van der Waals surface area contributed by atoms with Crippen LogP contribution in [0.15, 0.2) is 48.5 Å². The maximum absolute atomic E-state index is 12.2. The van der Waals surface area contributed by atoms with Crippen LogP contribution in [0.25, 0.3) is 0 Å². The van der Waals surface area contributed by atoms with Crippen LogP contribution in [0, 0.1) is 5.92 Å². The predicted octanol–water partition coefficient (Wildman–Crippen LogP) is 2.90. The van der Waals surface area contributed by atoms with Gasteiger partial charge in [0.25, 0.3) is 5.91 Å². The molecular weight excluding hydrogens is 290 g/mol. The second kappa shape index (κ2) is 7.29. The molecular formula is C19H21NO3. The number of aliphatic hydroxyl groups is 1. The molecule has 0 radical (unpaired) electrons. The van der Waals surface area contributed by atoms with Crippen molar-refractivity contribution in [3.8, 4) is 5.75 Å². The monoisotopic (exact) mass is 311 g/mol. The van der Waals surface area contributed by atoms with Crippen molar-refractivity contribution in [2.24, 2.45) is 5.92 Å². The van der Waals surface area contributed by atoms with E-state index in [2.05, 4.69) is 5.32 Å². The summed E-state index contributed by atoms with van der Waals surface area (Å²) in [6.07, 6.45) is 2.52. The first kappa shape index (κ1) is 15.6. The summed E-state index contributed by atoms with van der Waals surface area (Å²) in [6, 6.07) is 14.7. The van der Waals surface area contributed by atoms with Crippen LogP contribution in [0.1, 0.15) is 34.3 Å². The van der Waals surface area contributed by atoms with Crippen molar-refractivity contribution >= 4 is 5.91 Å². The second-order valence-electron chi connectivity index (χ2n) is 5.89. The lowest BCUT2D eigenvalue weighted by molar-refractivity contribution is 0.0950. The largest absolute Gasteiger partial charge is 0.493 e.